The summed E-state index contributed by atoms with van der Waals surface area (Å²) in [4.78, 5) is 7.96. The number of hydrogen-bond acceptors (Lipinski definition) is 4. The molecule has 0 unspecified atom stereocenters. The van der Waals surface area contributed by atoms with E-state index in [0.717, 1.165) is 41.8 Å². The van der Waals surface area contributed by atoms with E-state index in [0.29, 0.717) is 28.6 Å². The predicted octanol–water partition coefficient (Wildman–Crippen LogP) is 5.67. The molecule has 166 valence electrons. The molecule has 1 heterocycles. The molecule has 0 spiro atoms. The normalized spacial score (nSPS) is 11.1. The predicted molar refractivity (Wildman–Crippen MR) is 125 cm³/mol. The summed E-state index contributed by atoms with van der Waals surface area (Å²) in [6.07, 6.45) is 1.86. The molecule has 0 amide bonds. The fourth-order valence-electron chi connectivity index (χ4n) is 3.50. The minimum absolute atomic E-state index is 0.0290. The Morgan fingerprint density at radius 3 is 2.75 bits per heavy atom. The second kappa shape index (κ2) is 10.5. The Labute approximate surface area is 191 Å². The van der Waals surface area contributed by atoms with Gasteiger partial charge in [0.05, 0.1) is 23.2 Å². The van der Waals surface area contributed by atoms with Gasteiger partial charge in [0.25, 0.3) is 0 Å². The molecule has 32 heavy (non-hydrogen) atoms. The number of methoxy groups -OCH3 is 1. The van der Waals surface area contributed by atoms with Gasteiger partial charge in [0, 0.05) is 18.5 Å². The lowest BCUT2D eigenvalue weighted by molar-refractivity contribution is 0.279. The molecule has 0 bridgehead atoms. The van der Waals surface area contributed by atoms with Crippen molar-refractivity contribution in [3.05, 3.63) is 88.5 Å². The molecule has 1 aromatic heterocycles. The van der Waals surface area contributed by atoms with Crippen molar-refractivity contribution < 1.29 is 13.9 Å². The number of nitrogens with zero attached hydrogens (tertiary/aromatic N) is 1. The van der Waals surface area contributed by atoms with E-state index in [4.69, 9.17) is 21.1 Å². The number of nitrogens with one attached hydrogen (secondary N) is 2. The van der Waals surface area contributed by atoms with Gasteiger partial charge in [-0.2, -0.15) is 0 Å². The minimum Gasteiger partial charge on any atom is -0.493 e. The molecule has 4 rings (SSSR count). The summed E-state index contributed by atoms with van der Waals surface area (Å²) >= 11 is 6.07. The van der Waals surface area contributed by atoms with Gasteiger partial charge in [-0.3, -0.25) is 0 Å². The number of benzene rings is 3. The van der Waals surface area contributed by atoms with Crippen molar-refractivity contribution in [2.45, 2.75) is 26.0 Å². The van der Waals surface area contributed by atoms with Crippen LogP contribution in [0.1, 0.15) is 23.4 Å². The lowest BCUT2D eigenvalue weighted by Gasteiger charge is -2.13. The summed E-state index contributed by atoms with van der Waals surface area (Å²) in [7, 11) is 1.59. The Morgan fingerprint density at radius 2 is 1.94 bits per heavy atom. The number of imidazole rings is 1. The largest absolute Gasteiger partial charge is 0.493 e. The van der Waals surface area contributed by atoms with Gasteiger partial charge in [0.2, 0.25) is 0 Å². The molecule has 0 aliphatic heterocycles. The Balaban J connectivity index is 1.27. The third-order valence-electron chi connectivity index (χ3n) is 5.20. The monoisotopic (exact) mass is 453 g/mol. The number of aromatic amines is 1. The van der Waals surface area contributed by atoms with E-state index in [1.165, 1.54) is 6.07 Å². The zero-order valence-electron chi connectivity index (χ0n) is 17.8. The lowest BCUT2D eigenvalue weighted by Crippen LogP contribution is -2.15. The maximum atomic E-state index is 14.0. The van der Waals surface area contributed by atoms with E-state index in [2.05, 4.69) is 15.3 Å². The number of aromatic nitrogens is 2. The molecular formula is C25H25ClFN3O2. The third kappa shape index (κ3) is 5.39. The van der Waals surface area contributed by atoms with E-state index < -0.39 is 0 Å². The number of para-hydroxylation sites is 2. The third-order valence-corrected chi connectivity index (χ3v) is 5.55. The molecule has 0 atom stereocenters. The van der Waals surface area contributed by atoms with Crippen molar-refractivity contribution in [1.29, 1.82) is 0 Å². The second-order valence-corrected chi connectivity index (χ2v) is 7.86. The highest BCUT2D eigenvalue weighted by Crippen LogP contribution is 2.30. The van der Waals surface area contributed by atoms with Crippen molar-refractivity contribution in [3.8, 4) is 11.5 Å². The number of hydrogen-bond donors (Lipinski definition) is 2. The average Bonchev–Trinajstić information content (AvgIpc) is 3.22. The Bertz CT molecular complexity index is 1140. The average molecular weight is 454 g/mol. The summed E-state index contributed by atoms with van der Waals surface area (Å²) in [5.41, 5.74) is 3.47. The summed E-state index contributed by atoms with van der Waals surface area (Å²) in [5.74, 6) is 1.76. The number of ether oxygens (including phenoxy) is 2. The van der Waals surface area contributed by atoms with Crippen LogP contribution in [0.15, 0.2) is 60.7 Å². The van der Waals surface area contributed by atoms with E-state index >= 15 is 0 Å². The first-order valence-corrected chi connectivity index (χ1v) is 10.9. The highest BCUT2D eigenvalue weighted by molar-refractivity contribution is 6.31. The van der Waals surface area contributed by atoms with Crippen LogP contribution in [-0.2, 0) is 19.6 Å². The quantitative estimate of drug-likeness (QED) is 0.304. The van der Waals surface area contributed by atoms with Crippen LogP contribution in [0.2, 0.25) is 5.02 Å². The van der Waals surface area contributed by atoms with E-state index in [1.807, 2.05) is 42.5 Å². The topological polar surface area (TPSA) is 59.2 Å². The van der Waals surface area contributed by atoms with Crippen LogP contribution in [0.3, 0.4) is 0 Å². The molecule has 5 nitrogen and oxygen atoms in total. The SMILES string of the molecule is COc1cc(CNCCCc2nc3ccccc3[nH]2)ccc1OCc1c(F)cccc1Cl. The molecule has 0 saturated carbocycles. The van der Waals surface area contributed by atoms with Gasteiger partial charge < -0.3 is 19.8 Å². The molecule has 0 radical (unpaired) electrons. The van der Waals surface area contributed by atoms with Crippen molar-refractivity contribution in [1.82, 2.24) is 15.3 Å². The van der Waals surface area contributed by atoms with Crippen LogP contribution in [-0.4, -0.2) is 23.6 Å². The Kier molecular flexibility index (Phi) is 7.24. The van der Waals surface area contributed by atoms with E-state index in [-0.39, 0.29) is 12.4 Å². The molecule has 0 aliphatic rings. The maximum Gasteiger partial charge on any atom is 0.161 e. The summed E-state index contributed by atoms with van der Waals surface area (Å²) < 4.78 is 25.2. The van der Waals surface area contributed by atoms with Gasteiger partial charge in [-0.25, -0.2) is 9.37 Å². The molecule has 3 aromatic carbocycles. The van der Waals surface area contributed by atoms with Crippen LogP contribution >= 0.6 is 11.6 Å². The van der Waals surface area contributed by atoms with E-state index in [9.17, 15) is 4.39 Å². The van der Waals surface area contributed by atoms with Crippen LogP contribution in [0, 0.1) is 5.82 Å². The van der Waals surface area contributed by atoms with Crippen LogP contribution in [0.5, 0.6) is 11.5 Å². The molecule has 0 fully saturated rings. The van der Waals surface area contributed by atoms with Gasteiger partial charge in [-0.15, -0.1) is 0 Å². The van der Waals surface area contributed by atoms with Crippen LogP contribution < -0.4 is 14.8 Å². The number of fused-ring (bicyclic) bond motifs is 1. The van der Waals surface area contributed by atoms with Crippen molar-refractivity contribution in [2.24, 2.45) is 0 Å². The molecule has 4 aromatic rings. The van der Waals surface area contributed by atoms with Crippen molar-refractivity contribution in [2.75, 3.05) is 13.7 Å². The highest BCUT2D eigenvalue weighted by Gasteiger charge is 2.11. The molecular weight excluding hydrogens is 429 g/mol. The smallest absolute Gasteiger partial charge is 0.161 e. The van der Waals surface area contributed by atoms with Crippen LogP contribution in [0.4, 0.5) is 4.39 Å². The summed E-state index contributed by atoms with van der Waals surface area (Å²) in [5, 5.41) is 3.78. The zero-order chi connectivity index (χ0) is 22.3. The molecule has 7 heteroatoms. The van der Waals surface area contributed by atoms with Gasteiger partial charge in [-0.1, -0.05) is 35.9 Å². The number of aryl methyl sites for hydroxylation is 1. The molecule has 0 saturated heterocycles. The van der Waals surface area contributed by atoms with Crippen molar-refractivity contribution >= 4 is 22.6 Å². The van der Waals surface area contributed by atoms with Crippen LogP contribution in [0.25, 0.3) is 11.0 Å². The summed E-state index contributed by atoms with van der Waals surface area (Å²) in [6.45, 7) is 1.60. The second-order valence-electron chi connectivity index (χ2n) is 7.46. The van der Waals surface area contributed by atoms with E-state index in [1.54, 1.807) is 19.2 Å². The van der Waals surface area contributed by atoms with Gasteiger partial charge in [0.1, 0.15) is 18.2 Å². The first kappa shape index (κ1) is 22.1. The lowest BCUT2D eigenvalue weighted by atomic mass is 10.2. The summed E-state index contributed by atoms with van der Waals surface area (Å²) in [6, 6.07) is 18.3. The van der Waals surface area contributed by atoms with Gasteiger partial charge in [-0.05, 0) is 54.9 Å². The Hall–Kier alpha value is -3.09. The number of H-pyrrole nitrogens is 1. The van der Waals surface area contributed by atoms with Gasteiger partial charge >= 0.3 is 0 Å². The fraction of sp³-hybridized carbons (Fsp3) is 0.240. The highest BCUT2D eigenvalue weighted by atomic mass is 35.5. The maximum absolute atomic E-state index is 14.0. The first-order chi connectivity index (χ1) is 15.6. The van der Waals surface area contributed by atoms with Gasteiger partial charge in [0.15, 0.2) is 11.5 Å². The standard InChI is InChI=1S/C25H25ClFN3O2/c1-31-24-14-17(11-12-23(24)32-16-18-19(26)6-4-7-20(18)27)15-28-13-5-10-25-29-21-8-2-3-9-22(21)30-25/h2-4,6-9,11-12,14,28H,5,10,13,15-16H2,1H3,(H,29,30). The number of halogens is 2. The zero-order valence-corrected chi connectivity index (χ0v) is 18.6. The number of rotatable bonds is 10. The first-order valence-electron chi connectivity index (χ1n) is 10.5. The molecule has 0 aliphatic carbocycles. The molecule has 2 N–H and O–H groups in total. The van der Waals surface area contributed by atoms with Crippen molar-refractivity contribution in [3.63, 3.8) is 0 Å². The fourth-order valence-corrected chi connectivity index (χ4v) is 3.72. The Morgan fingerprint density at radius 1 is 1.06 bits per heavy atom. The minimum atomic E-state index is -0.389.